The normalized spacial score (nSPS) is 14.6. The van der Waals surface area contributed by atoms with Crippen molar-refractivity contribution in [1.29, 1.82) is 0 Å². The summed E-state index contributed by atoms with van der Waals surface area (Å²) in [6.07, 6.45) is 1.93. The molecule has 2 aliphatic rings. The Labute approximate surface area is 197 Å². The quantitative estimate of drug-likeness (QED) is 0.529. The van der Waals surface area contributed by atoms with Gasteiger partial charge in [0, 0.05) is 24.2 Å². The highest BCUT2D eigenvalue weighted by molar-refractivity contribution is 6.37. The van der Waals surface area contributed by atoms with E-state index < -0.39 is 11.7 Å². The Kier molecular flexibility index (Phi) is 5.32. The molecule has 0 amide bonds. The minimum absolute atomic E-state index is 0.0428. The van der Waals surface area contributed by atoms with Crippen molar-refractivity contribution in [3.05, 3.63) is 76.4 Å². The molecule has 1 aromatic carbocycles. The molecule has 34 heavy (non-hydrogen) atoms. The van der Waals surface area contributed by atoms with Crippen molar-refractivity contribution < 1.29 is 17.9 Å². The molecule has 0 atom stereocenters. The van der Waals surface area contributed by atoms with E-state index in [4.69, 9.17) is 22.1 Å². The van der Waals surface area contributed by atoms with Gasteiger partial charge in [0.25, 0.3) is 0 Å². The van der Waals surface area contributed by atoms with Crippen LogP contribution in [0.2, 0.25) is 5.02 Å². The first-order chi connectivity index (χ1) is 16.2. The number of ether oxygens (including phenoxy) is 1. The number of rotatable bonds is 3. The summed E-state index contributed by atoms with van der Waals surface area (Å²) in [6, 6.07) is 6.39. The van der Waals surface area contributed by atoms with Crippen LogP contribution in [0.25, 0.3) is 11.3 Å². The smallest absolute Gasteiger partial charge is 0.418 e. The van der Waals surface area contributed by atoms with Crippen molar-refractivity contribution >= 4 is 28.9 Å². The number of nitrogens with one attached hydrogen (secondary N) is 1. The predicted molar refractivity (Wildman–Crippen MR) is 123 cm³/mol. The van der Waals surface area contributed by atoms with Crippen LogP contribution in [0.15, 0.2) is 54.1 Å². The summed E-state index contributed by atoms with van der Waals surface area (Å²) < 4.78 is 47.7. The van der Waals surface area contributed by atoms with Crippen LogP contribution in [-0.4, -0.2) is 27.4 Å². The van der Waals surface area contributed by atoms with Crippen LogP contribution in [0.4, 0.5) is 24.7 Å². The molecule has 5 rings (SSSR count). The molecule has 0 saturated heterocycles. The van der Waals surface area contributed by atoms with Crippen molar-refractivity contribution in [2.75, 3.05) is 17.7 Å². The molecule has 0 bridgehead atoms. The zero-order chi connectivity index (χ0) is 24.0. The second-order valence-corrected chi connectivity index (χ2v) is 8.16. The third-order valence-electron chi connectivity index (χ3n) is 5.49. The summed E-state index contributed by atoms with van der Waals surface area (Å²) in [5.74, 6) is 0.821. The SMILES string of the molecule is Cc1cc(N)nc(-c2cc3c4c(c2Cl)NCN=C4N(Cc2cccnc2)C=CO3)c1C(F)(F)F. The Morgan fingerprint density at radius 3 is 2.85 bits per heavy atom. The van der Waals surface area contributed by atoms with E-state index in [1.807, 2.05) is 17.0 Å². The Morgan fingerprint density at radius 1 is 1.29 bits per heavy atom. The van der Waals surface area contributed by atoms with E-state index in [9.17, 15) is 13.2 Å². The fourth-order valence-corrected chi connectivity index (χ4v) is 4.41. The first kappa shape index (κ1) is 22.0. The fourth-order valence-electron chi connectivity index (χ4n) is 4.11. The Bertz CT molecular complexity index is 1340. The zero-order valence-electron chi connectivity index (χ0n) is 17.8. The van der Waals surface area contributed by atoms with Crippen LogP contribution in [-0.2, 0) is 12.7 Å². The first-order valence-corrected chi connectivity index (χ1v) is 10.6. The van der Waals surface area contributed by atoms with Gasteiger partial charge in [0.05, 0.1) is 34.1 Å². The van der Waals surface area contributed by atoms with Crippen molar-refractivity contribution in [2.45, 2.75) is 19.6 Å². The van der Waals surface area contributed by atoms with Crippen LogP contribution in [0, 0.1) is 6.92 Å². The van der Waals surface area contributed by atoms with Crippen LogP contribution in [0.5, 0.6) is 5.75 Å². The highest BCUT2D eigenvalue weighted by Crippen LogP contribution is 2.47. The minimum atomic E-state index is -4.66. The molecule has 11 heteroatoms. The van der Waals surface area contributed by atoms with Crippen LogP contribution in [0.3, 0.4) is 0 Å². The van der Waals surface area contributed by atoms with Gasteiger partial charge in [0.15, 0.2) is 0 Å². The molecule has 0 aliphatic carbocycles. The summed E-state index contributed by atoms with van der Waals surface area (Å²) in [7, 11) is 0. The molecule has 7 nitrogen and oxygen atoms in total. The maximum absolute atomic E-state index is 14.0. The molecule has 0 saturated carbocycles. The fraction of sp³-hybridized carbons (Fsp3) is 0.174. The third kappa shape index (κ3) is 3.79. The van der Waals surface area contributed by atoms with E-state index in [1.54, 1.807) is 18.6 Å². The van der Waals surface area contributed by atoms with E-state index in [-0.39, 0.29) is 34.3 Å². The van der Waals surface area contributed by atoms with E-state index in [0.29, 0.717) is 29.4 Å². The second-order valence-electron chi connectivity index (χ2n) is 7.78. The summed E-state index contributed by atoms with van der Waals surface area (Å²) >= 11 is 6.70. The lowest BCUT2D eigenvalue weighted by molar-refractivity contribution is -0.137. The number of amidine groups is 1. The van der Waals surface area contributed by atoms with Gasteiger partial charge in [0.2, 0.25) is 0 Å². The number of hydrogen-bond donors (Lipinski definition) is 2. The van der Waals surface area contributed by atoms with Gasteiger partial charge in [-0.15, -0.1) is 0 Å². The van der Waals surface area contributed by atoms with Gasteiger partial charge in [-0.2, -0.15) is 13.2 Å². The molecule has 2 aliphatic heterocycles. The molecule has 0 unspecified atom stereocenters. The van der Waals surface area contributed by atoms with Gasteiger partial charge < -0.3 is 20.7 Å². The molecular weight excluding hydrogens is 469 g/mol. The number of benzene rings is 1. The standard InChI is InChI=1S/C23H18ClF3N6O/c1-12-7-16(28)32-20(18(12)23(25,26)27)14-8-15-17-21(19(14)24)30-11-31-22(17)33(5-6-34-15)10-13-3-2-4-29-9-13/h2-9,30H,10-11H2,1H3,(H2,28,32). The van der Waals surface area contributed by atoms with Crippen LogP contribution < -0.4 is 15.8 Å². The molecule has 2 aromatic heterocycles. The average molecular weight is 487 g/mol. The van der Waals surface area contributed by atoms with Crippen molar-refractivity contribution in [3.8, 4) is 17.0 Å². The number of hydrogen-bond acceptors (Lipinski definition) is 7. The van der Waals surface area contributed by atoms with Crippen LogP contribution in [0.1, 0.15) is 22.3 Å². The van der Waals surface area contributed by atoms with Crippen LogP contribution >= 0.6 is 11.6 Å². The van der Waals surface area contributed by atoms with E-state index in [2.05, 4.69) is 20.3 Å². The molecule has 3 N–H and O–H groups in total. The Hall–Kier alpha value is -3.79. The number of aliphatic imine (C=N–C) groups is 1. The lowest BCUT2D eigenvalue weighted by Gasteiger charge is -2.28. The highest BCUT2D eigenvalue weighted by Gasteiger charge is 2.38. The number of aromatic nitrogens is 2. The maximum atomic E-state index is 14.0. The number of halogens is 4. The molecule has 174 valence electrons. The first-order valence-electron chi connectivity index (χ1n) is 10.2. The summed E-state index contributed by atoms with van der Waals surface area (Å²) in [4.78, 5) is 14.6. The number of nitrogens with zero attached hydrogens (tertiary/aromatic N) is 4. The molecule has 4 heterocycles. The Morgan fingerprint density at radius 2 is 2.12 bits per heavy atom. The second kappa shape index (κ2) is 8.21. The number of alkyl halides is 3. The van der Waals surface area contributed by atoms with Gasteiger partial charge in [0.1, 0.15) is 30.3 Å². The monoisotopic (exact) mass is 486 g/mol. The molecular formula is C23H18ClF3N6O. The topological polar surface area (TPSA) is 88.7 Å². The third-order valence-corrected chi connectivity index (χ3v) is 5.89. The molecule has 0 radical (unpaired) electrons. The minimum Gasteiger partial charge on any atom is -0.463 e. The van der Waals surface area contributed by atoms with E-state index in [0.717, 1.165) is 5.56 Å². The van der Waals surface area contributed by atoms with Crippen molar-refractivity contribution in [2.24, 2.45) is 4.99 Å². The van der Waals surface area contributed by atoms with Crippen molar-refractivity contribution in [3.63, 3.8) is 0 Å². The van der Waals surface area contributed by atoms with Gasteiger partial charge in [-0.05, 0) is 36.2 Å². The summed E-state index contributed by atoms with van der Waals surface area (Å²) in [5, 5.41) is 3.14. The van der Waals surface area contributed by atoms with Gasteiger partial charge in [-0.25, -0.2) is 9.98 Å². The number of aryl methyl sites for hydroxylation is 1. The van der Waals surface area contributed by atoms with E-state index >= 15 is 0 Å². The molecule has 3 aromatic rings. The predicted octanol–water partition coefficient (Wildman–Crippen LogP) is 5.20. The van der Waals surface area contributed by atoms with Gasteiger partial charge in [-0.1, -0.05) is 17.7 Å². The highest BCUT2D eigenvalue weighted by atomic mass is 35.5. The zero-order valence-corrected chi connectivity index (χ0v) is 18.6. The summed E-state index contributed by atoms with van der Waals surface area (Å²) in [6.45, 7) is 1.97. The maximum Gasteiger partial charge on any atom is 0.418 e. The van der Waals surface area contributed by atoms with Crippen molar-refractivity contribution in [1.82, 2.24) is 14.9 Å². The molecule has 0 spiro atoms. The van der Waals surface area contributed by atoms with Gasteiger partial charge in [-0.3, -0.25) is 4.98 Å². The van der Waals surface area contributed by atoms with Gasteiger partial charge >= 0.3 is 6.18 Å². The number of anilines is 2. The summed E-state index contributed by atoms with van der Waals surface area (Å²) in [5.41, 5.74) is 6.45. The molecule has 0 fully saturated rings. The lowest BCUT2D eigenvalue weighted by Crippen LogP contribution is -2.30. The largest absolute Gasteiger partial charge is 0.463 e. The number of nitrogen functional groups attached to an aromatic ring is 1. The number of nitrogens with two attached hydrogens (primary N) is 1. The Balaban J connectivity index is 1.68. The lowest BCUT2D eigenvalue weighted by atomic mass is 9.97. The number of pyridine rings is 2. The van der Waals surface area contributed by atoms with E-state index in [1.165, 1.54) is 25.3 Å². The average Bonchev–Trinajstić information content (AvgIpc) is 2.95.